The monoisotopic (exact) mass is 262 g/mol. The zero-order valence-corrected chi connectivity index (χ0v) is 12.2. The van der Waals surface area contributed by atoms with Crippen molar-refractivity contribution in [2.75, 3.05) is 11.9 Å². The lowest BCUT2D eigenvalue weighted by molar-refractivity contribution is 0.234. The van der Waals surface area contributed by atoms with Gasteiger partial charge in [0.2, 0.25) is 5.88 Å². The molecule has 3 heteroatoms. The summed E-state index contributed by atoms with van der Waals surface area (Å²) in [6.07, 6.45) is 10.3. The normalized spacial score (nSPS) is 16.6. The molecule has 3 nitrogen and oxygen atoms in total. The Morgan fingerprint density at radius 1 is 1.32 bits per heavy atom. The molecule has 0 saturated heterocycles. The molecule has 1 fully saturated rings. The van der Waals surface area contributed by atoms with Crippen LogP contribution >= 0.6 is 0 Å². The Labute approximate surface area is 116 Å². The van der Waals surface area contributed by atoms with Gasteiger partial charge in [-0.1, -0.05) is 32.1 Å². The number of nitrogens with zero attached hydrogens (tertiary/aromatic N) is 1. The average Bonchev–Trinajstić information content (AvgIpc) is 2.41. The molecule has 1 N–H and O–H groups in total. The van der Waals surface area contributed by atoms with Crippen LogP contribution in [0.5, 0.6) is 5.88 Å². The maximum Gasteiger partial charge on any atom is 0.237 e. The molecule has 106 valence electrons. The molecule has 0 bridgehead atoms. The molecule has 1 aromatic rings. The Kier molecular flexibility index (Phi) is 5.49. The first-order chi connectivity index (χ1) is 9.25. The number of anilines is 1. The average molecular weight is 262 g/mol. The van der Waals surface area contributed by atoms with Gasteiger partial charge in [0.1, 0.15) is 0 Å². The van der Waals surface area contributed by atoms with Gasteiger partial charge in [0.15, 0.2) is 0 Å². The van der Waals surface area contributed by atoms with Crippen molar-refractivity contribution < 1.29 is 4.74 Å². The second-order valence-corrected chi connectivity index (χ2v) is 5.74. The Bertz CT molecular complexity index is 373. The third-order valence-electron chi connectivity index (χ3n) is 3.71. The molecule has 1 heterocycles. The van der Waals surface area contributed by atoms with Crippen LogP contribution in [0.1, 0.15) is 52.4 Å². The number of ether oxygens (including phenoxy) is 1. The van der Waals surface area contributed by atoms with Crippen molar-refractivity contribution in [3.8, 4) is 5.88 Å². The summed E-state index contributed by atoms with van der Waals surface area (Å²) in [6.45, 7) is 5.08. The van der Waals surface area contributed by atoms with E-state index in [0.29, 0.717) is 0 Å². The van der Waals surface area contributed by atoms with E-state index in [2.05, 4.69) is 10.3 Å². The fourth-order valence-corrected chi connectivity index (χ4v) is 2.73. The van der Waals surface area contributed by atoms with Gasteiger partial charge in [-0.2, -0.15) is 0 Å². The van der Waals surface area contributed by atoms with Crippen LogP contribution in [0.3, 0.4) is 0 Å². The standard InChI is InChI=1S/C16H26N2O/c1-13(2)19-16-15(9-6-11-18-16)17-12-10-14-7-4-3-5-8-14/h6,9,11,13-14,17H,3-5,7-8,10,12H2,1-2H3. The van der Waals surface area contributed by atoms with E-state index in [1.165, 1.54) is 38.5 Å². The van der Waals surface area contributed by atoms with E-state index in [-0.39, 0.29) is 6.10 Å². The molecular weight excluding hydrogens is 236 g/mol. The highest BCUT2D eigenvalue weighted by Crippen LogP contribution is 2.27. The Morgan fingerprint density at radius 2 is 2.11 bits per heavy atom. The number of hydrogen-bond acceptors (Lipinski definition) is 3. The number of pyridine rings is 1. The minimum absolute atomic E-state index is 0.161. The molecule has 0 aromatic carbocycles. The molecule has 1 aromatic heterocycles. The SMILES string of the molecule is CC(C)Oc1ncccc1NCCC1CCCCC1. The topological polar surface area (TPSA) is 34.1 Å². The second kappa shape index (κ2) is 7.37. The quantitative estimate of drug-likeness (QED) is 0.832. The van der Waals surface area contributed by atoms with Crippen LogP contribution in [0.2, 0.25) is 0 Å². The molecule has 0 unspecified atom stereocenters. The predicted octanol–water partition coefficient (Wildman–Crippen LogP) is 4.25. The van der Waals surface area contributed by atoms with Gasteiger partial charge in [-0.3, -0.25) is 0 Å². The minimum Gasteiger partial charge on any atom is -0.473 e. The summed E-state index contributed by atoms with van der Waals surface area (Å²) in [5, 5.41) is 3.48. The van der Waals surface area contributed by atoms with Crippen molar-refractivity contribution >= 4 is 5.69 Å². The lowest BCUT2D eigenvalue weighted by Crippen LogP contribution is -2.14. The summed E-state index contributed by atoms with van der Waals surface area (Å²) < 4.78 is 5.71. The summed E-state index contributed by atoms with van der Waals surface area (Å²) in [7, 11) is 0. The van der Waals surface area contributed by atoms with Crippen molar-refractivity contribution in [1.82, 2.24) is 4.98 Å². The first-order valence-electron chi connectivity index (χ1n) is 7.61. The first-order valence-corrected chi connectivity index (χ1v) is 7.61. The summed E-state index contributed by atoms with van der Waals surface area (Å²) in [4.78, 5) is 4.30. The van der Waals surface area contributed by atoms with Crippen molar-refractivity contribution in [2.45, 2.75) is 58.5 Å². The Balaban J connectivity index is 1.81. The van der Waals surface area contributed by atoms with Gasteiger partial charge in [-0.25, -0.2) is 4.98 Å². The van der Waals surface area contributed by atoms with Crippen molar-refractivity contribution in [2.24, 2.45) is 5.92 Å². The van der Waals surface area contributed by atoms with Crippen LogP contribution in [0.15, 0.2) is 18.3 Å². The number of nitrogens with one attached hydrogen (secondary N) is 1. The largest absolute Gasteiger partial charge is 0.473 e. The van der Waals surface area contributed by atoms with Gasteiger partial charge in [0.05, 0.1) is 11.8 Å². The molecule has 0 atom stereocenters. The van der Waals surface area contributed by atoms with Crippen LogP contribution in [0, 0.1) is 5.92 Å². The fourth-order valence-electron chi connectivity index (χ4n) is 2.73. The molecule has 1 saturated carbocycles. The van der Waals surface area contributed by atoms with Crippen LogP contribution in [0.4, 0.5) is 5.69 Å². The van der Waals surface area contributed by atoms with Gasteiger partial charge < -0.3 is 10.1 Å². The van der Waals surface area contributed by atoms with Gasteiger partial charge in [0.25, 0.3) is 0 Å². The lowest BCUT2D eigenvalue weighted by Gasteiger charge is -2.22. The third-order valence-corrected chi connectivity index (χ3v) is 3.71. The fraction of sp³-hybridized carbons (Fsp3) is 0.688. The zero-order valence-electron chi connectivity index (χ0n) is 12.2. The summed E-state index contributed by atoms with van der Waals surface area (Å²) >= 11 is 0. The number of hydrogen-bond donors (Lipinski definition) is 1. The first kappa shape index (κ1) is 14.2. The van der Waals surface area contributed by atoms with E-state index in [0.717, 1.165) is 24.0 Å². The van der Waals surface area contributed by atoms with Crippen LogP contribution in [-0.4, -0.2) is 17.6 Å². The zero-order chi connectivity index (χ0) is 13.5. The molecule has 0 amide bonds. The van der Waals surface area contributed by atoms with Gasteiger partial charge in [0, 0.05) is 12.7 Å². The predicted molar refractivity (Wildman–Crippen MR) is 79.7 cm³/mol. The summed E-state index contributed by atoms with van der Waals surface area (Å²) in [5.41, 5.74) is 1.02. The van der Waals surface area contributed by atoms with Crippen LogP contribution in [0.25, 0.3) is 0 Å². The van der Waals surface area contributed by atoms with E-state index < -0.39 is 0 Å². The van der Waals surface area contributed by atoms with E-state index in [4.69, 9.17) is 4.74 Å². The van der Waals surface area contributed by atoms with Crippen molar-refractivity contribution in [3.05, 3.63) is 18.3 Å². The summed E-state index contributed by atoms with van der Waals surface area (Å²) in [5.74, 6) is 1.63. The van der Waals surface area contributed by atoms with E-state index in [1.54, 1.807) is 6.20 Å². The number of aromatic nitrogens is 1. The highest BCUT2D eigenvalue weighted by Gasteiger charge is 2.13. The maximum atomic E-state index is 5.71. The molecule has 1 aliphatic carbocycles. The molecule has 0 radical (unpaired) electrons. The number of rotatable bonds is 6. The highest BCUT2D eigenvalue weighted by atomic mass is 16.5. The third kappa shape index (κ3) is 4.73. The van der Waals surface area contributed by atoms with Crippen LogP contribution < -0.4 is 10.1 Å². The molecule has 0 spiro atoms. The highest BCUT2D eigenvalue weighted by molar-refractivity contribution is 5.51. The van der Waals surface area contributed by atoms with Gasteiger partial charge in [-0.15, -0.1) is 0 Å². The lowest BCUT2D eigenvalue weighted by atomic mass is 9.87. The molecule has 2 rings (SSSR count). The van der Waals surface area contributed by atoms with Crippen LogP contribution in [-0.2, 0) is 0 Å². The minimum atomic E-state index is 0.161. The van der Waals surface area contributed by atoms with Crippen molar-refractivity contribution in [1.29, 1.82) is 0 Å². The Morgan fingerprint density at radius 3 is 2.84 bits per heavy atom. The van der Waals surface area contributed by atoms with Gasteiger partial charge in [-0.05, 0) is 38.3 Å². The smallest absolute Gasteiger partial charge is 0.237 e. The molecule has 1 aliphatic rings. The summed E-state index contributed by atoms with van der Waals surface area (Å²) in [6, 6.07) is 4.00. The van der Waals surface area contributed by atoms with E-state index >= 15 is 0 Å². The van der Waals surface area contributed by atoms with E-state index in [9.17, 15) is 0 Å². The molecule has 0 aliphatic heterocycles. The second-order valence-electron chi connectivity index (χ2n) is 5.74. The molecule has 19 heavy (non-hydrogen) atoms. The van der Waals surface area contributed by atoms with Crippen molar-refractivity contribution in [3.63, 3.8) is 0 Å². The molecular formula is C16H26N2O. The Hall–Kier alpha value is -1.25. The van der Waals surface area contributed by atoms with E-state index in [1.807, 2.05) is 26.0 Å². The maximum absolute atomic E-state index is 5.71. The van der Waals surface area contributed by atoms with Gasteiger partial charge >= 0.3 is 0 Å².